The van der Waals surface area contributed by atoms with Gasteiger partial charge in [0.2, 0.25) is 5.88 Å². The van der Waals surface area contributed by atoms with E-state index in [-0.39, 0.29) is 5.54 Å². The van der Waals surface area contributed by atoms with E-state index in [0.717, 1.165) is 22.0 Å². The Labute approximate surface area is 131 Å². The maximum absolute atomic E-state index is 6.09. The molecule has 3 heterocycles. The third-order valence-corrected chi connectivity index (χ3v) is 4.72. The maximum Gasteiger partial charge on any atom is 0.215 e. The molecule has 0 aliphatic rings. The average molecular weight is 323 g/mol. The molecular formula is C14H15ClN4OS. The van der Waals surface area contributed by atoms with Gasteiger partial charge in [-0.3, -0.25) is 4.57 Å². The minimum absolute atomic E-state index is 0.313. The molecule has 0 N–H and O–H groups in total. The number of thiazole rings is 1. The zero-order chi connectivity index (χ0) is 15.0. The van der Waals surface area contributed by atoms with Gasteiger partial charge in [-0.05, 0) is 19.9 Å². The lowest BCUT2D eigenvalue weighted by atomic mass is 10.1. The molecule has 5 nitrogen and oxygen atoms in total. The fraction of sp³-hybridized carbons (Fsp3) is 0.357. The number of halogens is 1. The Balaban J connectivity index is 2.29. The highest BCUT2D eigenvalue weighted by molar-refractivity contribution is 7.09. The van der Waals surface area contributed by atoms with E-state index in [9.17, 15) is 0 Å². The van der Waals surface area contributed by atoms with Gasteiger partial charge < -0.3 is 4.74 Å². The minimum atomic E-state index is -0.382. The largest absolute Gasteiger partial charge is 0.481 e. The van der Waals surface area contributed by atoms with Gasteiger partial charge in [0.15, 0.2) is 5.65 Å². The Bertz CT molecular complexity index is 767. The molecule has 3 aromatic rings. The first-order valence-electron chi connectivity index (χ1n) is 6.46. The topological polar surface area (TPSA) is 52.8 Å². The highest BCUT2D eigenvalue weighted by Gasteiger charge is 2.30. The third kappa shape index (κ3) is 2.28. The van der Waals surface area contributed by atoms with E-state index in [2.05, 4.69) is 28.8 Å². The Morgan fingerprint density at radius 3 is 2.76 bits per heavy atom. The summed E-state index contributed by atoms with van der Waals surface area (Å²) < 4.78 is 7.26. The van der Waals surface area contributed by atoms with Crippen molar-refractivity contribution in [3.63, 3.8) is 0 Å². The van der Waals surface area contributed by atoms with Gasteiger partial charge in [0.05, 0.1) is 18.5 Å². The lowest BCUT2D eigenvalue weighted by Gasteiger charge is -2.26. The molecule has 0 radical (unpaired) electrons. The number of nitrogens with zero attached hydrogens (tertiary/aromatic N) is 4. The molecule has 0 aliphatic heterocycles. The van der Waals surface area contributed by atoms with Gasteiger partial charge in [0, 0.05) is 17.6 Å². The summed E-state index contributed by atoms with van der Waals surface area (Å²) in [6, 6.07) is 3.69. The van der Waals surface area contributed by atoms with E-state index in [1.54, 1.807) is 30.7 Å². The van der Waals surface area contributed by atoms with Crippen molar-refractivity contribution < 1.29 is 4.74 Å². The van der Waals surface area contributed by atoms with E-state index in [1.807, 2.05) is 16.0 Å². The molecule has 110 valence electrons. The monoisotopic (exact) mass is 322 g/mol. The Kier molecular flexibility index (Phi) is 3.59. The number of imidazole rings is 1. The first kappa shape index (κ1) is 14.3. The molecular weight excluding hydrogens is 308 g/mol. The summed E-state index contributed by atoms with van der Waals surface area (Å²) in [7, 11) is 1.60. The van der Waals surface area contributed by atoms with Gasteiger partial charge in [-0.2, -0.15) is 4.98 Å². The van der Waals surface area contributed by atoms with E-state index in [4.69, 9.17) is 16.3 Å². The first-order valence-corrected chi connectivity index (χ1v) is 7.88. The van der Waals surface area contributed by atoms with Gasteiger partial charge in [0.1, 0.15) is 16.3 Å². The second-order valence-corrected chi connectivity index (χ2v) is 6.25. The number of alkyl halides is 1. The number of ether oxygens (including phenoxy) is 1. The van der Waals surface area contributed by atoms with Crippen molar-refractivity contribution in [1.29, 1.82) is 0 Å². The number of aromatic nitrogens is 4. The van der Waals surface area contributed by atoms with Crippen LogP contribution in [-0.2, 0) is 11.4 Å². The Morgan fingerprint density at radius 2 is 2.14 bits per heavy atom. The number of hydrogen-bond donors (Lipinski definition) is 0. The number of hydrogen-bond acceptors (Lipinski definition) is 5. The van der Waals surface area contributed by atoms with Crippen molar-refractivity contribution >= 4 is 34.1 Å². The molecule has 0 fully saturated rings. The van der Waals surface area contributed by atoms with Crippen LogP contribution in [0.5, 0.6) is 5.88 Å². The van der Waals surface area contributed by atoms with Crippen molar-refractivity contribution in [3.05, 3.63) is 34.5 Å². The van der Waals surface area contributed by atoms with E-state index in [1.165, 1.54) is 0 Å². The number of pyridine rings is 1. The molecule has 3 aromatic heterocycles. The quantitative estimate of drug-likeness (QED) is 0.691. The van der Waals surface area contributed by atoms with Crippen molar-refractivity contribution in [2.45, 2.75) is 25.3 Å². The maximum atomic E-state index is 6.09. The zero-order valence-electron chi connectivity index (χ0n) is 12.0. The van der Waals surface area contributed by atoms with Crippen LogP contribution in [0, 0.1) is 0 Å². The molecule has 0 bridgehead atoms. The van der Waals surface area contributed by atoms with Gasteiger partial charge in [-0.15, -0.1) is 22.9 Å². The van der Waals surface area contributed by atoms with Crippen LogP contribution in [0.15, 0.2) is 23.7 Å². The van der Waals surface area contributed by atoms with Crippen LogP contribution in [-0.4, -0.2) is 26.6 Å². The summed E-state index contributed by atoms with van der Waals surface area (Å²) in [5, 5.41) is 2.95. The van der Waals surface area contributed by atoms with Crippen LogP contribution in [0.2, 0.25) is 0 Å². The second-order valence-electron chi connectivity index (χ2n) is 5.09. The molecule has 0 aliphatic carbocycles. The number of rotatable bonds is 4. The number of fused-ring (bicyclic) bond motifs is 1. The van der Waals surface area contributed by atoms with Crippen LogP contribution >= 0.6 is 22.9 Å². The molecule has 0 aromatic carbocycles. The lowest BCUT2D eigenvalue weighted by Crippen LogP contribution is -2.29. The van der Waals surface area contributed by atoms with Gasteiger partial charge >= 0.3 is 0 Å². The Morgan fingerprint density at radius 1 is 1.33 bits per heavy atom. The second kappa shape index (κ2) is 5.27. The Hall–Kier alpha value is -1.66. The molecule has 3 rings (SSSR count). The summed E-state index contributed by atoms with van der Waals surface area (Å²) in [5.41, 5.74) is 1.17. The summed E-state index contributed by atoms with van der Waals surface area (Å²) in [5.74, 6) is 1.64. The predicted molar refractivity (Wildman–Crippen MR) is 84.2 cm³/mol. The molecule has 7 heteroatoms. The molecule has 0 saturated carbocycles. The van der Waals surface area contributed by atoms with Gasteiger partial charge in [-0.1, -0.05) is 0 Å². The van der Waals surface area contributed by atoms with E-state index >= 15 is 0 Å². The van der Waals surface area contributed by atoms with Crippen LogP contribution in [0.3, 0.4) is 0 Å². The zero-order valence-corrected chi connectivity index (χ0v) is 13.6. The summed E-state index contributed by atoms with van der Waals surface area (Å²) in [4.78, 5) is 13.5. The summed E-state index contributed by atoms with van der Waals surface area (Å²) in [6.45, 7) is 4.17. The smallest absolute Gasteiger partial charge is 0.215 e. The molecule has 0 amide bonds. The van der Waals surface area contributed by atoms with Crippen molar-refractivity contribution in [1.82, 2.24) is 19.5 Å². The highest BCUT2D eigenvalue weighted by atomic mass is 35.5. The fourth-order valence-electron chi connectivity index (χ4n) is 2.40. The van der Waals surface area contributed by atoms with Crippen molar-refractivity contribution in [3.8, 4) is 5.88 Å². The van der Waals surface area contributed by atoms with Crippen molar-refractivity contribution in [2.24, 2.45) is 0 Å². The summed E-state index contributed by atoms with van der Waals surface area (Å²) in [6.07, 6.45) is 1.80. The van der Waals surface area contributed by atoms with E-state index < -0.39 is 0 Å². The van der Waals surface area contributed by atoms with Crippen LogP contribution in [0.1, 0.15) is 24.7 Å². The fourth-order valence-corrected chi connectivity index (χ4v) is 3.33. The first-order chi connectivity index (χ1) is 10.1. The highest BCUT2D eigenvalue weighted by Crippen LogP contribution is 2.33. The van der Waals surface area contributed by atoms with E-state index in [0.29, 0.717) is 11.8 Å². The minimum Gasteiger partial charge on any atom is -0.481 e. The van der Waals surface area contributed by atoms with Crippen LogP contribution in [0.25, 0.3) is 11.2 Å². The molecule has 0 spiro atoms. The number of methoxy groups -OCH3 is 1. The van der Waals surface area contributed by atoms with Crippen LogP contribution in [0.4, 0.5) is 0 Å². The molecule has 0 atom stereocenters. The normalized spacial score (nSPS) is 12.0. The van der Waals surface area contributed by atoms with Gasteiger partial charge in [-0.25, -0.2) is 9.97 Å². The lowest BCUT2D eigenvalue weighted by molar-refractivity contribution is 0.395. The predicted octanol–water partition coefficient (Wildman–Crippen LogP) is 3.42. The van der Waals surface area contributed by atoms with Gasteiger partial charge in [0.25, 0.3) is 0 Å². The standard InChI is InChI=1S/C14H15ClN4OS/c1-14(2,13-16-6-7-21-13)19-10(8-15)17-9-4-5-11(20-3)18-12(9)19/h4-7H,8H2,1-3H3. The SMILES string of the molecule is COc1ccc2nc(CCl)n(C(C)(C)c3nccs3)c2n1. The molecule has 21 heavy (non-hydrogen) atoms. The molecule has 0 saturated heterocycles. The summed E-state index contributed by atoms with van der Waals surface area (Å²) >= 11 is 7.69. The van der Waals surface area contributed by atoms with Crippen LogP contribution < -0.4 is 4.74 Å². The van der Waals surface area contributed by atoms with Crippen molar-refractivity contribution in [2.75, 3.05) is 7.11 Å². The molecule has 0 unspecified atom stereocenters. The average Bonchev–Trinajstić information content (AvgIpc) is 3.13. The third-order valence-electron chi connectivity index (χ3n) is 3.39.